The van der Waals surface area contributed by atoms with Crippen molar-refractivity contribution in [3.63, 3.8) is 0 Å². The normalized spacial score (nSPS) is 34.8. The van der Waals surface area contributed by atoms with E-state index in [1.807, 2.05) is 31.2 Å². The quantitative estimate of drug-likeness (QED) is 0.249. The van der Waals surface area contributed by atoms with Crippen molar-refractivity contribution >= 4 is 50.9 Å². The number of carbonyl (C=O) groups is 3. The molecule has 0 spiro atoms. The number of benzene rings is 1. The molecule has 1 aromatic rings. The second-order valence-electron chi connectivity index (χ2n) is 9.98. The summed E-state index contributed by atoms with van der Waals surface area (Å²) in [6.07, 6.45) is 0.228. The summed E-state index contributed by atoms with van der Waals surface area (Å²) in [5, 5.41) is 33.4. The van der Waals surface area contributed by atoms with E-state index in [1.165, 1.54) is 43.1 Å². The lowest BCUT2D eigenvalue weighted by Crippen LogP contribution is -2.73. The molecule has 5 rings (SSSR count). The molecule has 4 aliphatic rings. The minimum atomic E-state index is -1.12. The van der Waals surface area contributed by atoms with Gasteiger partial charge in [-0.2, -0.15) is 0 Å². The minimum Gasteiger partial charge on any atom is -0.396 e. The van der Waals surface area contributed by atoms with Crippen molar-refractivity contribution in [3.05, 3.63) is 35.4 Å². The van der Waals surface area contributed by atoms with Gasteiger partial charge in [-0.1, -0.05) is 52.8 Å². The molecule has 37 heavy (non-hydrogen) atoms. The summed E-state index contributed by atoms with van der Waals surface area (Å²) in [4.78, 5) is 40.8. The zero-order chi connectivity index (χ0) is 27.2. The highest BCUT2D eigenvalue weighted by atomic mass is 33.1. The topological polar surface area (TPSA) is 130 Å². The number of piperidine rings is 1. The molecule has 4 heterocycles. The van der Waals surface area contributed by atoms with Gasteiger partial charge in [-0.15, -0.1) is 11.8 Å². The Balaban J connectivity index is 1.58. The third-order valence-electron chi connectivity index (χ3n) is 8.07. The largest absolute Gasteiger partial charge is 0.396 e. The lowest BCUT2D eigenvalue weighted by atomic mass is 9.76. The number of thioether (sulfide) groups is 1. The third kappa shape index (κ3) is 4.32. The first-order chi connectivity index (χ1) is 17.6. The Kier molecular flexibility index (Phi) is 8.31. The maximum Gasteiger partial charge on any atom is 0.244 e. The van der Waals surface area contributed by atoms with Crippen molar-refractivity contribution in [2.75, 3.05) is 40.1 Å². The average molecular weight is 570 g/mol. The van der Waals surface area contributed by atoms with Gasteiger partial charge in [-0.05, 0) is 24.6 Å². The molecular weight excluding hydrogens is 534 g/mol. The zero-order valence-corrected chi connectivity index (χ0v) is 23.9. The number of Topliss-reactive ketones (excluding diaryl/α,β-unsaturated/α-hetero) is 1. The van der Waals surface area contributed by atoms with Crippen LogP contribution in [0.25, 0.3) is 0 Å². The van der Waals surface area contributed by atoms with Crippen molar-refractivity contribution in [1.29, 1.82) is 0 Å². The van der Waals surface area contributed by atoms with Crippen LogP contribution in [0.15, 0.2) is 24.3 Å². The number of aliphatic hydroxyl groups is 3. The fourth-order valence-corrected chi connectivity index (χ4v) is 11.1. The summed E-state index contributed by atoms with van der Waals surface area (Å²) in [6, 6.07) is 7.71. The third-order valence-corrected chi connectivity index (χ3v) is 13.6. The van der Waals surface area contributed by atoms with Crippen LogP contribution in [-0.2, 0) is 27.2 Å². The Bertz CT molecular complexity index is 1060. The van der Waals surface area contributed by atoms with E-state index in [4.69, 9.17) is 0 Å². The number of fused-ring (bicyclic) bond motifs is 3. The molecule has 4 N–H and O–H groups in total. The van der Waals surface area contributed by atoms with Gasteiger partial charge in [0.1, 0.15) is 15.8 Å². The average Bonchev–Trinajstić information content (AvgIpc) is 2.91. The summed E-state index contributed by atoms with van der Waals surface area (Å²) < 4.78 is -1.12. The predicted molar refractivity (Wildman–Crippen MR) is 147 cm³/mol. The van der Waals surface area contributed by atoms with E-state index < -0.39 is 32.6 Å². The molecule has 6 atom stereocenters. The van der Waals surface area contributed by atoms with Crippen molar-refractivity contribution < 1.29 is 29.7 Å². The van der Waals surface area contributed by atoms with Gasteiger partial charge in [0.25, 0.3) is 0 Å². The fraction of sp³-hybridized carbons (Fsp3) is 0.640. The summed E-state index contributed by atoms with van der Waals surface area (Å²) in [7, 11) is 7.62. The summed E-state index contributed by atoms with van der Waals surface area (Å²) in [5.74, 6) is -1.05. The molecule has 4 fully saturated rings. The van der Waals surface area contributed by atoms with Gasteiger partial charge in [-0.25, -0.2) is 0 Å². The highest BCUT2D eigenvalue weighted by molar-refractivity contribution is 8.78. The van der Waals surface area contributed by atoms with Crippen LogP contribution in [0.5, 0.6) is 0 Å². The van der Waals surface area contributed by atoms with Gasteiger partial charge in [0.05, 0.1) is 19.1 Å². The van der Waals surface area contributed by atoms with E-state index in [0.29, 0.717) is 25.0 Å². The fourth-order valence-electron chi connectivity index (χ4n) is 5.64. The van der Waals surface area contributed by atoms with Crippen LogP contribution in [0.3, 0.4) is 0 Å². The Morgan fingerprint density at radius 1 is 1.05 bits per heavy atom. The molecule has 0 aromatic heterocycles. The monoisotopic (exact) mass is 569 g/mol. The van der Waals surface area contributed by atoms with E-state index >= 15 is 0 Å². The highest BCUT2D eigenvalue weighted by Crippen LogP contribution is 2.62. The molecule has 0 radical (unpaired) electrons. The Morgan fingerprint density at radius 2 is 1.68 bits per heavy atom. The number of carbonyl (C=O) groups excluding carboxylic acids is 3. The van der Waals surface area contributed by atoms with Crippen molar-refractivity contribution in [2.24, 2.45) is 11.8 Å². The van der Waals surface area contributed by atoms with Crippen LogP contribution in [0.1, 0.15) is 24.5 Å². The predicted octanol–water partition coefficient (Wildman–Crippen LogP) is 0.709. The number of nitrogens with one attached hydrogen (secondary N) is 1. The number of hydrogen-bond acceptors (Lipinski definition) is 10. The summed E-state index contributed by atoms with van der Waals surface area (Å²) in [6.45, 7) is 1.28. The molecule has 4 aliphatic heterocycles. The van der Waals surface area contributed by atoms with Gasteiger partial charge < -0.3 is 25.1 Å². The Morgan fingerprint density at radius 3 is 2.22 bits per heavy atom. The Hall–Kier alpha value is -1.28. The summed E-state index contributed by atoms with van der Waals surface area (Å²) in [5.41, 5.74) is 1.79. The molecule has 0 aliphatic carbocycles. The molecule has 204 valence electrons. The van der Waals surface area contributed by atoms with Gasteiger partial charge in [0.2, 0.25) is 11.8 Å². The number of aliphatic hydroxyl groups excluding tert-OH is 3. The smallest absolute Gasteiger partial charge is 0.244 e. The van der Waals surface area contributed by atoms with Crippen molar-refractivity contribution in [1.82, 2.24) is 15.1 Å². The molecular formula is C25H35N3O6S3. The first-order valence-corrected chi connectivity index (χ1v) is 15.5. The number of nitrogens with zero attached hydrogens (tertiary/aromatic N) is 2. The molecule has 9 nitrogen and oxygen atoms in total. The number of ketones is 1. The standard InChI is InChI=1S/C25H35N3O6S3/c1-5-18-19(31)24(28(4)22(34)23(18,14-30)36-37-24)10-15-6-8-16(9-7-15)11-25(21(33)26-2)27(3)20(32)17(12-29)13-35-25/h6-9,17-18,21,26,29-30,33H,5,10-14H2,1-4H3/t17?,18?,21?,23-,24+,25+/m1/s1. The molecule has 0 saturated carbocycles. The van der Waals surface area contributed by atoms with Crippen LogP contribution in [0, 0.1) is 11.8 Å². The molecule has 1 aromatic carbocycles. The van der Waals surface area contributed by atoms with E-state index in [-0.39, 0.29) is 30.8 Å². The molecule has 4 saturated heterocycles. The Labute approximate surface area is 229 Å². The number of rotatable bonds is 9. The first kappa shape index (κ1) is 28.7. The highest BCUT2D eigenvalue weighted by Gasteiger charge is 2.68. The first-order valence-electron chi connectivity index (χ1n) is 12.3. The summed E-state index contributed by atoms with van der Waals surface area (Å²) >= 11 is 1.45. The van der Waals surface area contributed by atoms with Gasteiger partial charge >= 0.3 is 0 Å². The van der Waals surface area contributed by atoms with Crippen LogP contribution < -0.4 is 5.32 Å². The van der Waals surface area contributed by atoms with E-state index in [1.54, 1.807) is 21.1 Å². The van der Waals surface area contributed by atoms with E-state index in [0.717, 1.165) is 11.1 Å². The van der Waals surface area contributed by atoms with Crippen LogP contribution in [0.4, 0.5) is 0 Å². The molecule has 2 amide bonds. The minimum absolute atomic E-state index is 0.0211. The van der Waals surface area contributed by atoms with Crippen LogP contribution in [-0.4, -0.2) is 104 Å². The van der Waals surface area contributed by atoms with E-state index in [9.17, 15) is 29.7 Å². The maximum atomic E-state index is 13.6. The van der Waals surface area contributed by atoms with Crippen LogP contribution in [0.2, 0.25) is 0 Å². The number of amides is 2. The van der Waals surface area contributed by atoms with Gasteiger partial charge in [0, 0.05) is 38.6 Å². The lowest BCUT2D eigenvalue weighted by Gasteiger charge is -2.57. The van der Waals surface area contributed by atoms with Crippen molar-refractivity contribution in [2.45, 2.75) is 46.9 Å². The van der Waals surface area contributed by atoms with Crippen LogP contribution >= 0.6 is 33.3 Å². The van der Waals surface area contributed by atoms with Gasteiger partial charge in [-0.3, -0.25) is 19.7 Å². The number of hydrogen-bond donors (Lipinski definition) is 4. The molecule has 2 bridgehead atoms. The van der Waals surface area contributed by atoms with E-state index in [2.05, 4.69) is 5.32 Å². The molecule has 3 unspecified atom stereocenters. The lowest BCUT2D eigenvalue weighted by molar-refractivity contribution is -0.155. The maximum absolute atomic E-state index is 13.6. The number of likely N-dealkylation sites (N-methyl/N-ethyl adjacent to an activating group) is 3. The van der Waals surface area contributed by atoms with Crippen molar-refractivity contribution in [3.8, 4) is 0 Å². The second kappa shape index (κ2) is 10.7. The second-order valence-corrected chi connectivity index (χ2v) is 14.0. The van der Waals surface area contributed by atoms with Gasteiger partial charge in [0.15, 0.2) is 10.7 Å². The zero-order valence-electron chi connectivity index (χ0n) is 21.5. The SMILES string of the molecule is CCC1C(=O)[C@]2(Cc3ccc(C[C@@]4(C(O)NC)SCC(CO)C(=O)N4C)cc3)SS[C@@]1(CO)C(=O)N2C. The molecule has 12 heteroatoms.